The summed E-state index contributed by atoms with van der Waals surface area (Å²) in [5.41, 5.74) is 3.48. The van der Waals surface area contributed by atoms with Gasteiger partial charge in [-0.15, -0.1) is 0 Å². The van der Waals surface area contributed by atoms with E-state index in [2.05, 4.69) is 41.1 Å². The molecule has 1 unspecified atom stereocenters. The number of nitrogens with zero attached hydrogens (tertiary/aromatic N) is 4. The van der Waals surface area contributed by atoms with E-state index in [4.69, 9.17) is 0 Å². The Morgan fingerprint density at radius 3 is 2.70 bits per heavy atom. The standard InChI is InChI=1S/C22H30N4O/c1-18-7-4-9-20(15-18)21(24(2)3)22(27)26-12-6-11-25(13-14-26)17-19-8-5-10-23-16-19/h4-5,7-10,15-16,21H,6,11-14,17H2,1-3H3. The van der Waals surface area contributed by atoms with Gasteiger partial charge in [0.15, 0.2) is 0 Å². The van der Waals surface area contributed by atoms with Crippen LogP contribution in [0.1, 0.15) is 29.2 Å². The number of aryl methyl sites for hydroxylation is 1. The summed E-state index contributed by atoms with van der Waals surface area (Å²) in [6.07, 6.45) is 4.73. The molecule has 1 amide bonds. The quantitative estimate of drug-likeness (QED) is 0.816. The number of rotatable bonds is 5. The fourth-order valence-corrected chi connectivity index (χ4v) is 3.77. The van der Waals surface area contributed by atoms with Crippen LogP contribution in [0, 0.1) is 6.92 Å². The Labute approximate surface area is 162 Å². The monoisotopic (exact) mass is 366 g/mol. The van der Waals surface area contributed by atoms with E-state index in [0.29, 0.717) is 0 Å². The number of pyridine rings is 1. The zero-order valence-corrected chi connectivity index (χ0v) is 16.6. The largest absolute Gasteiger partial charge is 0.340 e. The van der Waals surface area contributed by atoms with E-state index in [-0.39, 0.29) is 11.9 Å². The molecule has 1 aliphatic heterocycles. The number of likely N-dealkylation sites (N-methyl/N-ethyl adjacent to an activating group) is 1. The van der Waals surface area contributed by atoms with Crippen LogP contribution in [0.2, 0.25) is 0 Å². The molecule has 0 spiro atoms. The summed E-state index contributed by atoms with van der Waals surface area (Å²) in [6, 6.07) is 12.1. The van der Waals surface area contributed by atoms with Gasteiger partial charge in [0, 0.05) is 45.1 Å². The highest BCUT2D eigenvalue weighted by Gasteiger charge is 2.29. The lowest BCUT2D eigenvalue weighted by Gasteiger charge is -2.30. The van der Waals surface area contributed by atoms with E-state index in [1.165, 1.54) is 11.1 Å². The van der Waals surface area contributed by atoms with Gasteiger partial charge < -0.3 is 4.90 Å². The van der Waals surface area contributed by atoms with Gasteiger partial charge in [-0.1, -0.05) is 35.9 Å². The van der Waals surface area contributed by atoms with E-state index in [1.54, 1.807) is 6.20 Å². The van der Waals surface area contributed by atoms with Crippen LogP contribution in [0.5, 0.6) is 0 Å². The van der Waals surface area contributed by atoms with Crippen LogP contribution in [-0.2, 0) is 11.3 Å². The molecule has 0 bridgehead atoms. The first-order chi connectivity index (χ1) is 13.0. The molecule has 2 heterocycles. The maximum Gasteiger partial charge on any atom is 0.244 e. The first-order valence-electron chi connectivity index (χ1n) is 9.67. The van der Waals surface area contributed by atoms with Crippen molar-refractivity contribution in [2.75, 3.05) is 40.3 Å². The normalized spacial score (nSPS) is 17.0. The average Bonchev–Trinajstić information content (AvgIpc) is 2.88. The van der Waals surface area contributed by atoms with Crippen molar-refractivity contribution in [2.24, 2.45) is 0 Å². The number of carbonyl (C=O) groups is 1. The second-order valence-corrected chi connectivity index (χ2v) is 7.60. The highest BCUT2D eigenvalue weighted by molar-refractivity contribution is 5.83. The smallest absolute Gasteiger partial charge is 0.244 e. The second-order valence-electron chi connectivity index (χ2n) is 7.60. The topological polar surface area (TPSA) is 39.7 Å². The van der Waals surface area contributed by atoms with Crippen molar-refractivity contribution in [3.8, 4) is 0 Å². The van der Waals surface area contributed by atoms with Gasteiger partial charge in [-0.05, 0) is 44.6 Å². The summed E-state index contributed by atoms with van der Waals surface area (Å²) in [5, 5.41) is 0. The highest BCUT2D eigenvalue weighted by Crippen LogP contribution is 2.23. The van der Waals surface area contributed by atoms with Crippen molar-refractivity contribution in [1.29, 1.82) is 0 Å². The van der Waals surface area contributed by atoms with E-state index in [0.717, 1.165) is 44.7 Å². The minimum Gasteiger partial charge on any atom is -0.340 e. The molecule has 5 nitrogen and oxygen atoms in total. The van der Waals surface area contributed by atoms with E-state index >= 15 is 0 Å². The van der Waals surface area contributed by atoms with Crippen LogP contribution in [0.4, 0.5) is 0 Å². The fraction of sp³-hybridized carbons (Fsp3) is 0.455. The molecular weight excluding hydrogens is 336 g/mol. The molecule has 0 N–H and O–H groups in total. The Bertz CT molecular complexity index is 747. The maximum atomic E-state index is 13.3. The van der Waals surface area contributed by atoms with Crippen molar-refractivity contribution in [3.63, 3.8) is 0 Å². The minimum atomic E-state index is -0.227. The summed E-state index contributed by atoms with van der Waals surface area (Å²) in [6.45, 7) is 6.46. The lowest BCUT2D eigenvalue weighted by Crippen LogP contribution is -2.42. The predicted molar refractivity (Wildman–Crippen MR) is 108 cm³/mol. The molecule has 144 valence electrons. The van der Waals surface area contributed by atoms with Crippen molar-refractivity contribution in [2.45, 2.75) is 25.9 Å². The van der Waals surface area contributed by atoms with E-state index < -0.39 is 0 Å². The van der Waals surface area contributed by atoms with Gasteiger partial charge in [-0.25, -0.2) is 0 Å². The number of amides is 1. The van der Waals surface area contributed by atoms with Crippen molar-refractivity contribution in [1.82, 2.24) is 19.7 Å². The summed E-state index contributed by atoms with van der Waals surface area (Å²) >= 11 is 0. The van der Waals surface area contributed by atoms with Gasteiger partial charge in [-0.3, -0.25) is 19.6 Å². The number of carbonyl (C=O) groups excluding carboxylic acids is 1. The van der Waals surface area contributed by atoms with Crippen molar-refractivity contribution < 1.29 is 4.79 Å². The Balaban J connectivity index is 1.67. The van der Waals surface area contributed by atoms with Gasteiger partial charge in [0.25, 0.3) is 0 Å². The Morgan fingerprint density at radius 1 is 1.15 bits per heavy atom. The van der Waals surface area contributed by atoms with Crippen LogP contribution in [0.25, 0.3) is 0 Å². The first kappa shape index (κ1) is 19.5. The molecule has 1 atom stereocenters. The van der Waals surface area contributed by atoms with Gasteiger partial charge in [0.05, 0.1) is 0 Å². The third-order valence-corrected chi connectivity index (χ3v) is 5.14. The molecule has 0 radical (unpaired) electrons. The molecule has 1 saturated heterocycles. The third kappa shape index (κ3) is 5.15. The molecule has 1 aromatic heterocycles. The number of benzene rings is 1. The van der Waals surface area contributed by atoms with Crippen LogP contribution < -0.4 is 0 Å². The lowest BCUT2D eigenvalue weighted by atomic mass is 10.0. The van der Waals surface area contributed by atoms with Gasteiger partial charge in [0.1, 0.15) is 6.04 Å². The molecule has 1 aromatic carbocycles. The average molecular weight is 367 g/mol. The summed E-state index contributed by atoms with van der Waals surface area (Å²) in [7, 11) is 3.97. The second kappa shape index (κ2) is 9.11. The Hall–Kier alpha value is -2.24. The van der Waals surface area contributed by atoms with Gasteiger partial charge in [-0.2, -0.15) is 0 Å². The third-order valence-electron chi connectivity index (χ3n) is 5.14. The number of aromatic nitrogens is 1. The maximum absolute atomic E-state index is 13.3. The number of hydrogen-bond donors (Lipinski definition) is 0. The van der Waals surface area contributed by atoms with Gasteiger partial charge in [0.2, 0.25) is 5.91 Å². The number of hydrogen-bond acceptors (Lipinski definition) is 4. The SMILES string of the molecule is Cc1cccc(C(C(=O)N2CCCN(Cc3cccnc3)CC2)N(C)C)c1. The van der Waals surface area contributed by atoms with Crippen molar-refractivity contribution >= 4 is 5.91 Å². The van der Waals surface area contributed by atoms with Crippen LogP contribution in [0.3, 0.4) is 0 Å². The zero-order valence-electron chi connectivity index (χ0n) is 16.6. The zero-order chi connectivity index (χ0) is 19.2. The molecular formula is C22H30N4O. The molecule has 0 saturated carbocycles. The Kier molecular flexibility index (Phi) is 6.58. The Morgan fingerprint density at radius 2 is 2.00 bits per heavy atom. The molecule has 1 fully saturated rings. The molecule has 0 aliphatic carbocycles. The molecule has 27 heavy (non-hydrogen) atoms. The van der Waals surface area contributed by atoms with E-state index in [1.807, 2.05) is 42.2 Å². The molecule has 5 heteroatoms. The lowest BCUT2D eigenvalue weighted by molar-refractivity contribution is -0.136. The molecule has 2 aromatic rings. The molecule has 3 rings (SSSR count). The van der Waals surface area contributed by atoms with Crippen molar-refractivity contribution in [3.05, 3.63) is 65.5 Å². The molecule has 1 aliphatic rings. The summed E-state index contributed by atoms with van der Waals surface area (Å²) in [4.78, 5) is 24.0. The fourth-order valence-electron chi connectivity index (χ4n) is 3.77. The summed E-state index contributed by atoms with van der Waals surface area (Å²) in [5.74, 6) is 0.203. The highest BCUT2D eigenvalue weighted by atomic mass is 16.2. The minimum absolute atomic E-state index is 0.203. The van der Waals surface area contributed by atoms with E-state index in [9.17, 15) is 4.79 Å². The first-order valence-corrected chi connectivity index (χ1v) is 9.67. The van der Waals surface area contributed by atoms with Crippen LogP contribution in [0.15, 0.2) is 48.8 Å². The predicted octanol–water partition coefficient (Wildman–Crippen LogP) is 2.73. The summed E-state index contributed by atoms with van der Waals surface area (Å²) < 4.78 is 0. The van der Waals surface area contributed by atoms with Crippen LogP contribution >= 0.6 is 0 Å². The van der Waals surface area contributed by atoms with Crippen LogP contribution in [-0.4, -0.2) is 65.9 Å². The van der Waals surface area contributed by atoms with Gasteiger partial charge >= 0.3 is 0 Å².